The minimum absolute atomic E-state index is 0.293. The first-order valence-electron chi connectivity index (χ1n) is 5.03. The van der Waals surface area contributed by atoms with E-state index >= 15 is 0 Å². The molecule has 0 aliphatic heterocycles. The molecule has 0 aliphatic carbocycles. The fourth-order valence-electron chi connectivity index (χ4n) is 1.40. The van der Waals surface area contributed by atoms with Crippen LogP contribution in [-0.2, 0) is 6.54 Å². The number of rotatable bonds is 3. The first kappa shape index (κ1) is 11.6. The van der Waals surface area contributed by atoms with Crippen LogP contribution in [0, 0.1) is 18.3 Å². The van der Waals surface area contributed by atoms with Gasteiger partial charge in [0.05, 0.1) is 6.20 Å². The van der Waals surface area contributed by atoms with Crippen LogP contribution in [0.1, 0.15) is 26.3 Å². The van der Waals surface area contributed by atoms with Crippen molar-refractivity contribution in [3.05, 3.63) is 18.0 Å². The van der Waals surface area contributed by atoms with Gasteiger partial charge in [0, 0.05) is 12.7 Å². The molecule has 1 heterocycles. The summed E-state index contributed by atoms with van der Waals surface area (Å²) in [5, 5.41) is 4.30. The lowest BCUT2D eigenvalue weighted by Crippen LogP contribution is -2.26. The van der Waals surface area contributed by atoms with Crippen molar-refractivity contribution in [2.45, 2.75) is 34.2 Å². The summed E-state index contributed by atoms with van der Waals surface area (Å²) in [5.41, 5.74) is 1.51. The molecule has 0 spiro atoms. The Morgan fingerprint density at radius 2 is 2.14 bits per heavy atom. The molecule has 14 heavy (non-hydrogen) atoms. The van der Waals surface area contributed by atoms with E-state index in [9.17, 15) is 0 Å². The van der Waals surface area contributed by atoms with Crippen LogP contribution in [0.3, 0.4) is 0 Å². The molecule has 0 aromatic carbocycles. The van der Waals surface area contributed by atoms with Gasteiger partial charge in [0.15, 0.2) is 0 Å². The fraction of sp³-hybridized carbons (Fsp3) is 0.727. The Labute approximate surface area is 92.1 Å². The SMILES string of the molecule is Cc1cnn(CC(CS)C(C)(C)C)c1. The molecule has 80 valence electrons. The Morgan fingerprint density at radius 3 is 2.50 bits per heavy atom. The summed E-state index contributed by atoms with van der Waals surface area (Å²) < 4.78 is 2.02. The maximum absolute atomic E-state index is 4.41. The molecule has 1 rings (SSSR count). The lowest BCUT2D eigenvalue weighted by Gasteiger charge is -2.29. The second-order valence-electron chi connectivity index (χ2n) is 4.99. The Morgan fingerprint density at radius 1 is 1.50 bits per heavy atom. The smallest absolute Gasteiger partial charge is 0.0518 e. The van der Waals surface area contributed by atoms with E-state index in [1.54, 1.807) is 0 Å². The molecule has 0 N–H and O–H groups in total. The van der Waals surface area contributed by atoms with Gasteiger partial charge in [-0.25, -0.2) is 0 Å². The predicted molar refractivity (Wildman–Crippen MR) is 63.8 cm³/mol. The predicted octanol–water partition coefficient (Wildman–Crippen LogP) is 2.78. The second kappa shape index (κ2) is 4.39. The molecule has 0 amide bonds. The van der Waals surface area contributed by atoms with Crippen molar-refractivity contribution >= 4 is 12.6 Å². The summed E-state index contributed by atoms with van der Waals surface area (Å²) in [6, 6.07) is 0. The molecule has 1 unspecified atom stereocenters. The Kier molecular flexibility index (Phi) is 3.65. The topological polar surface area (TPSA) is 17.8 Å². The average Bonchev–Trinajstić information content (AvgIpc) is 2.45. The van der Waals surface area contributed by atoms with Crippen LogP contribution in [0.15, 0.2) is 12.4 Å². The highest BCUT2D eigenvalue weighted by Crippen LogP contribution is 2.28. The zero-order valence-corrected chi connectivity index (χ0v) is 10.4. The number of hydrogen-bond acceptors (Lipinski definition) is 2. The van der Waals surface area contributed by atoms with Crippen LogP contribution in [0.25, 0.3) is 0 Å². The minimum Gasteiger partial charge on any atom is -0.272 e. The van der Waals surface area contributed by atoms with Gasteiger partial charge in [0.2, 0.25) is 0 Å². The van der Waals surface area contributed by atoms with E-state index in [0.717, 1.165) is 12.3 Å². The molecular formula is C11H20N2S. The molecule has 1 aromatic heterocycles. The van der Waals surface area contributed by atoms with Crippen LogP contribution in [0.5, 0.6) is 0 Å². The molecule has 0 bridgehead atoms. The molecule has 0 saturated heterocycles. The van der Waals surface area contributed by atoms with Gasteiger partial charge in [-0.15, -0.1) is 0 Å². The van der Waals surface area contributed by atoms with Crippen molar-refractivity contribution in [1.29, 1.82) is 0 Å². The third kappa shape index (κ3) is 3.05. The van der Waals surface area contributed by atoms with Gasteiger partial charge in [-0.3, -0.25) is 4.68 Å². The monoisotopic (exact) mass is 212 g/mol. The molecule has 1 atom stereocenters. The van der Waals surface area contributed by atoms with Crippen LogP contribution in [-0.4, -0.2) is 15.5 Å². The highest BCUT2D eigenvalue weighted by atomic mass is 32.1. The standard InChI is InChI=1S/C11H20N2S/c1-9-5-12-13(6-9)7-10(8-14)11(2,3)4/h5-6,10,14H,7-8H2,1-4H3. The van der Waals surface area contributed by atoms with Crippen molar-refractivity contribution in [1.82, 2.24) is 9.78 Å². The number of thiol groups is 1. The second-order valence-corrected chi connectivity index (χ2v) is 5.35. The van der Waals surface area contributed by atoms with Crippen LogP contribution in [0.2, 0.25) is 0 Å². The maximum atomic E-state index is 4.41. The summed E-state index contributed by atoms with van der Waals surface area (Å²) >= 11 is 4.41. The zero-order valence-electron chi connectivity index (χ0n) is 9.49. The first-order valence-corrected chi connectivity index (χ1v) is 5.66. The summed E-state index contributed by atoms with van der Waals surface area (Å²) in [5.74, 6) is 1.47. The Bertz CT molecular complexity index is 286. The number of nitrogens with zero attached hydrogens (tertiary/aromatic N) is 2. The Hall–Kier alpha value is -0.440. The van der Waals surface area contributed by atoms with Crippen molar-refractivity contribution in [2.75, 3.05) is 5.75 Å². The van der Waals surface area contributed by atoms with E-state index in [0.29, 0.717) is 11.3 Å². The van der Waals surface area contributed by atoms with E-state index in [4.69, 9.17) is 0 Å². The van der Waals surface area contributed by atoms with Gasteiger partial charge in [0.1, 0.15) is 0 Å². The van der Waals surface area contributed by atoms with Crippen molar-refractivity contribution < 1.29 is 0 Å². The summed E-state index contributed by atoms with van der Waals surface area (Å²) in [6.07, 6.45) is 3.99. The fourth-order valence-corrected chi connectivity index (χ4v) is 2.06. The highest BCUT2D eigenvalue weighted by molar-refractivity contribution is 7.80. The minimum atomic E-state index is 0.293. The van der Waals surface area contributed by atoms with Gasteiger partial charge in [-0.2, -0.15) is 17.7 Å². The number of aryl methyl sites for hydroxylation is 1. The largest absolute Gasteiger partial charge is 0.272 e. The molecule has 2 nitrogen and oxygen atoms in total. The van der Waals surface area contributed by atoms with Crippen molar-refractivity contribution in [2.24, 2.45) is 11.3 Å². The molecule has 0 aliphatic rings. The van der Waals surface area contributed by atoms with E-state index in [-0.39, 0.29) is 0 Å². The van der Waals surface area contributed by atoms with Crippen LogP contribution >= 0.6 is 12.6 Å². The molecule has 3 heteroatoms. The quantitative estimate of drug-likeness (QED) is 0.763. The van der Waals surface area contributed by atoms with Gasteiger partial charge in [-0.05, 0) is 29.6 Å². The van der Waals surface area contributed by atoms with E-state index < -0.39 is 0 Å². The average molecular weight is 212 g/mol. The van der Waals surface area contributed by atoms with E-state index in [1.165, 1.54) is 5.56 Å². The molecule has 0 radical (unpaired) electrons. The zero-order chi connectivity index (χ0) is 10.8. The maximum Gasteiger partial charge on any atom is 0.0518 e. The third-order valence-corrected chi connectivity index (χ3v) is 3.06. The van der Waals surface area contributed by atoms with Gasteiger partial charge >= 0.3 is 0 Å². The van der Waals surface area contributed by atoms with Crippen molar-refractivity contribution in [3.8, 4) is 0 Å². The van der Waals surface area contributed by atoms with Gasteiger partial charge in [0.25, 0.3) is 0 Å². The van der Waals surface area contributed by atoms with Crippen LogP contribution in [0.4, 0.5) is 0 Å². The molecule has 0 fully saturated rings. The molecule has 1 aromatic rings. The normalized spacial score (nSPS) is 14.4. The van der Waals surface area contributed by atoms with Gasteiger partial charge in [-0.1, -0.05) is 20.8 Å². The summed E-state index contributed by atoms with van der Waals surface area (Å²) in [6.45, 7) is 9.79. The molecule has 0 saturated carbocycles. The number of aromatic nitrogens is 2. The number of hydrogen-bond donors (Lipinski definition) is 1. The highest BCUT2D eigenvalue weighted by Gasteiger charge is 2.23. The first-order chi connectivity index (χ1) is 6.43. The molecular weight excluding hydrogens is 192 g/mol. The lowest BCUT2D eigenvalue weighted by molar-refractivity contribution is 0.231. The van der Waals surface area contributed by atoms with E-state index in [2.05, 4.69) is 51.6 Å². The summed E-state index contributed by atoms with van der Waals surface area (Å²) in [7, 11) is 0. The van der Waals surface area contributed by atoms with E-state index in [1.807, 2.05) is 10.9 Å². The van der Waals surface area contributed by atoms with Crippen LogP contribution < -0.4 is 0 Å². The van der Waals surface area contributed by atoms with Crippen molar-refractivity contribution in [3.63, 3.8) is 0 Å². The summed E-state index contributed by atoms with van der Waals surface area (Å²) in [4.78, 5) is 0. The Balaban J connectivity index is 2.66. The van der Waals surface area contributed by atoms with Gasteiger partial charge < -0.3 is 0 Å². The lowest BCUT2D eigenvalue weighted by atomic mass is 9.82. The third-order valence-electron chi connectivity index (χ3n) is 2.61.